The van der Waals surface area contributed by atoms with Crippen molar-refractivity contribution in [3.63, 3.8) is 0 Å². The van der Waals surface area contributed by atoms with Crippen LogP contribution in [0.15, 0.2) is 0 Å². The van der Waals surface area contributed by atoms with Gasteiger partial charge in [-0.25, -0.2) is 0 Å². The molecule has 1 saturated heterocycles. The van der Waals surface area contributed by atoms with Crippen LogP contribution in [0, 0.1) is 11.3 Å². The number of nitrogens with zero attached hydrogens (tertiary/aromatic N) is 2. The summed E-state index contributed by atoms with van der Waals surface area (Å²) in [5, 5.41) is 3.79. The lowest BCUT2D eigenvalue weighted by Crippen LogP contribution is -2.48. The van der Waals surface area contributed by atoms with Gasteiger partial charge in [-0.15, -0.1) is 0 Å². The quantitative estimate of drug-likeness (QED) is 0.841. The molecule has 1 aliphatic heterocycles. The van der Waals surface area contributed by atoms with E-state index in [1.807, 2.05) is 0 Å². The van der Waals surface area contributed by atoms with Gasteiger partial charge in [0, 0.05) is 25.2 Å². The van der Waals surface area contributed by atoms with Crippen LogP contribution in [-0.2, 0) is 0 Å². The molecule has 3 atom stereocenters. The third kappa shape index (κ3) is 4.20. The molecule has 124 valence electrons. The van der Waals surface area contributed by atoms with Gasteiger partial charge in [0.2, 0.25) is 0 Å². The molecular weight excluding hydrogens is 258 g/mol. The summed E-state index contributed by atoms with van der Waals surface area (Å²) in [6.07, 6.45) is 5.38. The highest BCUT2D eigenvalue weighted by atomic mass is 15.2. The van der Waals surface area contributed by atoms with Crippen molar-refractivity contribution in [2.24, 2.45) is 11.3 Å². The number of hydrogen-bond donors (Lipinski definition) is 1. The van der Waals surface area contributed by atoms with Gasteiger partial charge in [0.1, 0.15) is 0 Å². The summed E-state index contributed by atoms with van der Waals surface area (Å²) in [5.41, 5.74) is 0.463. The van der Waals surface area contributed by atoms with E-state index in [9.17, 15) is 0 Å². The minimum atomic E-state index is 0.463. The van der Waals surface area contributed by atoms with Crippen molar-refractivity contribution in [3.8, 4) is 0 Å². The van der Waals surface area contributed by atoms with E-state index >= 15 is 0 Å². The second-order valence-corrected chi connectivity index (χ2v) is 8.00. The Balaban J connectivity index is 2.01. The van der Waals surface area contributed by atoms with Gasteiger partial charge >= 0.3 is 0 Å². The summed E-state index contributed by atoms with van der Waals surface area (Å²) in [4.78, 5) is 5.33. The van der Waals surface area contributed by atoms with E-state index in [-0.39, 0.29) is 0 Å². The Bertz CT molecular complexity index is 316. The Labute approximate surface area is 132 Å². The van der Waals surface area contributed by atoms with Crippen molar-refractivity contribution in [1.82, 2.24) is 15.1 Å². The molecule has 2 aliphatic rings. The molecule has 0 bridgehead atoms. The van der Waals surface area contributed by atoms with Gasteiger partial charge in [0.05, 0.1) is 0 Å². The normalized spacial score (nSPS) is 35.0. The van der Waals surface area contributed by atoms with Crippen molar-refractivity contribution in [3.05, 3.63) is 0 Å². The number of nitrogens with one attached hydrogen (secondary N) is 1. The first kappa shape index (κ1) is 17.2. The molecule has 0 amide bonds. The van der Waals surface area contributed by atoms with Crippen LogP contribution < -0.4 is 5.32 Å². The van der Waals surface area contributed by atoms with Crippen LogP contribution in [0.5, 0.6) is 0 Å². The van der Waals surface area contributed by atoms with Gasteiger partial charge in [-0.05, 0) is 63.7 Å². The maximum Gasteiger partial charge on any atom is 0.0220 e. The molecule has 0 aromatic rings. The van der Waals surface area contributed by atoms with Gasteiger partial charge < -0.3 is 10.2 Å². The van der Waals surface area contributed by atoms with Crippen LogP contribution in [0.1, 0.15) is 53.4 Å². The lowest BCUT2D eigenvalue weighted by atomic mass is 9.84. The number of hydrogen-bond acceptors (Lipinski definition) is 3. The summed E-state index contributed by atoms with van der Waals surface area (Å²) in [5.74, 6) is 0.831. The minimum Gasteiger partial charge on any atom is -0.313 e. The lowest BCUT2D eigenvalue weighted by Gasteiger charge is -2.37. The van der Waals surface area contributed by atoms with Gasteiger partial charge in [0.25, 0.3) is 0 Å². The molecule has 3 unspecified atom stereocenters. The molecule has 3 heteroatoms. The van der Waals surface area contributed by atoms with Crippen molar-refractivity contribution in [2.75, 3.05) is 39.8 Å². The van der Waals surface area contributed by atoms with Crippen LogP contribution in [0.25, 0.3) is 0 Å². The topological polar surface area (TPSA) is 18.5 Å². The van der Waals surface area contributed by atoms with Crippen LogP contribution in [-0.4, -0.2) is 61.7 Å². The van der Waals surface area contributed by atoms with E-state index in [1.54, 1.807) is 0 Å². The first-order valence-electron chi connectivity index (χ1n) is 9.14. The smallest absolute Gasteiger partial charge is 0.0220 e. The van der Waals surface area contributed by atoms with Crippen molar-refractivity contribution in [2.45, 2.75) is 65.5 Å². The molecule has 0 spiro atoms. The molecular formula is C18H37N3. The number of rotatable bonds is 5. The highest BCUT2D eigenvalue weighted by molar-refractivity contribution is 4.97. The third-order valence-electron chi connectivity index (χ3n) is 5.86. The fourth-order valence-electron chi connectivity index (χ4n) is 4.60. The van der Waals surface area contributed by atoms with Crippen molar-refractivity contribution in [1.29, 1.82) is 0 Å². The second-order valence-electron chi connectivity index (χ2n) is 8.00. The van der Waals surface area contributed by atoms with Crippen molar-refractivity contribution >= 4 is 0 Å². The van der Waals surface area contributed by atoms with E-state index in [1.165, 1.54) is 51.9 Å². The molecule has 0 radical (unpaired) electrons. The Morgan fingerprint density at radius 3 is 2.62 bits per heavy atom. The molecule has 2 rings (SSSR count). The Morgan fingerprint density at radius 2 is 1.95 bits per heavy atom. The summed E-state index contributed by atoms with van der Waals surface area (Å²) in [6.45, 7) is 15.7. The van der Waals surface area contributed by atoms with Gasteiger partial charge in [0.15, 0.2) is 0 Å². The maximum absolute atomic E-state index is 3.79. The SMILES string of the molecule is CCNC1C(CN2CCCN(C)CC2CC)CCC1(C)C. The van der Waals surface area contributed by atoms with Crippen LogP contribution >= 0.6 is 0 Å². The van der Waals surface area contributed by atoms with E-state index < -0.39 is 0 Å². The Morgan fingerprint density at radius 1 is 1.19 bits per heavy atom. The molecule has 2 fully saturated rings. The zero-order valence-electron chi connectivity index (χ0n) is 15.0. The van der Waals surface area contributed by atoms with Gasteiger partial charge in [-0.1, -0.05) is 27.7 Å². The monoisotopic (exact) mass is 295 g/mol. The summed E-state index contributed by atoms with van der Waals surface area (Å²) < 4.78 is 0. The first-order valence-corrected chi connectivity index (χ1v) is 9.14. The largest absolute Gasteiger partial charge is 0.313 e. The summed E-state index contributed by atoms with van der Waals surface area (Å²) in [6, 6.07) is 1.45. The highest BCUT2D eigenvalue weighted by Crippen LogP contribution is 2.41. The Kier molecular flexibility index (Phi) is 6.10. The predicted octanol–water partition coefficient (Wildman–Crippen LogP) is 2.82. The maximum atomic E-state index is 3.79. The van der Waals surface area contributed by atoms with Crippen LogP contribution in [0.2, 0.25) is 0 Å². The molecule has 1 aliphatic carbocycles. The van der Waals surface area contributed by atoms with Crippen LogP contribution in [0.3, 0.4) is 0 Å². The number of likely N-dealkylation sites (N-methyl/N-ethyl adjacent to an activating group) is 1. The van der Waals surface area contributed by atoms with E-state index in [2.05, 4.69) is 49.9 Å². The molecule has 1 N–H and O–H groups in total. The predicted molar refractivity (Wildman–Crippen MR) is 91.7 cm³/mol. The summed E-state index contributed by atoms with van der Waals surface area (Å²) >= 11 is 0. The van der Waals surface area contributed by atoms with E-state index in [0.717, 1.165) is 18.5 Å². The molecule has 1 heterocycles. The van der Waals surface area contributed by atoms with Crippen LogP contribution in [0.4, 0.5) is 0 Å². The average molecular weight is 296 g/mol. The van der Waals surface area contributed by atoms with Gasteiger partial charge in [-0.2, -0.15) is 0 Å². The van der Waals surface area contributed by atoms with E-state index in [0.29, 0.717) is 11.5 Å². The minimum absolute atomic E-state index is 0.463. The highest BCUT2D eigenvalue weighted by Gasteiger charge is 2.42. The first-order chi connectivity index (χ1) is 9.97. The zero-order valence-corrected chi connectivity index (χ0v) is 15.0. The van der Waals surface area contributed by atoms with E-state index in [4.69, 9.17) is 0 Å². The second kappa shape index (κ2) is 7.43. The molecule has 1 saturated carbocycles. The Hall–Kier alpha value is -0.120. The fourth-order valence-corrected chi connectivity index (χ4v) is 4.60. The molecule has 0 aromatic carbocycles. The third-order valence-corrected chi connectivity index (χ3v) is 5.86. The summed E-state index contributed by atoms with van der Waals surface area (Å²) in [7, 11) is 2.28. The lowest BCUT2D eigenvalue weighted by molar-refractivity contribution is 0.137. The standard InChI is InChI=1S/C18H37N3/c1-6-16-14-20(5)11-8-12-21(16)13-15-9-10-18(3,4)17(15)19-7-2/h15-17,19H,6-14H2,1-5H3. The molecule has 3 nitrogen and oxygen atoms in total. The van der Waals surface area contributed by atoms with Gasteiger partial charge in [-0.3, -0.25) is 4.90 Å². The van der Waals surface area contributed by atoms with Crippen molar-refractivity contribution < 1.29 is 0 Å². The average Bonchev–Trinajstić information content (AvgIpc) is 2.61. The molecule has 21 heavy (non-hydrogen) atoms. The zero-order chi connectivity index (χ0) is 15.5. The fraction of sp³-hybridized carbons (Fsp3) is 1.00. The molecule has 0 aromatic heterocycles.